The zero-order valence-corrected chi connectivity index (χ0v) is 7.98. The van der Waals surface area contributed by atoms with Gasteiger partial charge in [0.1, 0.15) is 16.5 Å². The molecule has 0 saturated carbocycles. The third-order valence-electron chi connectivity index (χ3n) is 0.805. The number of aliphatic hydroxyl groups excluding tert-OH is 1. The van der Waals surface area contributed by atoms with E-state index in [9.17, 15) is 4.79 Å². The average molecular weight is 167 g/mol. The summed E-state index contributed by atoms with van der Waals surface area (Å²) in [6.45, 7) is 1.33. The third-order valence-corrected chi connectivity index (χ3v) is 0.805. The Bertz CT molecular complexity index is 97.3. The van der Waals surface area contributed by atoms with E-state index in [1.54, 1.807) is 0 Å². The smallest absolute Gasteiger partial charge is 0.323 e. The van der Waals surface area contributed by atoms with Gasteiger partial charge >= 0.3 is 5.97 Å². The Morgan fingerprint density at radius 3 is 1.90 bits per heavy atom. The first-order chi connectivity index (χ1) is 4.55. The second kappa shape index (κ2) is 6.68. The molecule has 2 atom stereocenters. The van der Waals surface area contributed by atoms with Gasteiger partial charge in [-0.15, -0.1) is 0 Å². The van der Waals surface area contributed by atoms with Crippen molar-refractivity contribution in [2.75, 3.05) is 0 Å². The Hall–Kier alpha value is -0.433. The lowest BCUT2D eigenvalue weighted by atomic mass is 10.2. The van der Waals surface area contributed by atoms with Crippen LogP contribution in [0.2, 0.25) is 0 Å². The molecule has 5 nitrogen and oxygen atoms in total. The van der Waals surface area contributed by atoms with Gasteiger partial charge in [0.15, 0.2) is 0 Å². The molecule has 6 heteroatoms. The number of carboxylic acid groups (broad SMARTS) is 1. The Labute approximate surface area is 62.0 Å². The van der Waals surface area contributed by atoms with Gasteiger partial charge in [-0.05, 0) is 6.92 Å². The Kier molecular flexibility index (Phi) is 8.20. The number of hydrogen-bond acceptors (Lipinski definition) is 4. The standard InChI is InChI=1S/C4H9NO3.H4OSi/c1-2(6)3(5)4(7)8;1-2/h2-3,6H,5H2,1H3,(H,7,8);1H,2H3/t2-,3+;/m1./s1. The Balaban J connectivity index is 0. The molecule has 10 heavy (non-hydrogen) atoms. The molecular weight excluding hydrogens is 154 g/mol. The third kappa shape index (κ3) is 5.70. The quantitative estimate of drug-likeness (QED) is 0.329. The minimum Gasteiger partial charge on any atom is -0.480 e. The predicted molar refractivity (Wildman–Crippen MR) is 39.4 cm³/mol. The largest absolute Gasteiger partial charge is 0.480 e. The minimum absolute atomic E-state index is 0.306. The average Bonchev–Trinajstić information content (AvgIpc) is 1.90. The van der Waals surface area contributed by atoms with Crippen LogP contribution in [0.3, 0.4) is 0 Å². The molecule has 0 radical (unpaired) electrons. The Morgan fingerprint density at radius 2 is 1.90 bits per heavy atom. The molecule has 0 fully saturated rings. The summed E-state index contributed by atoms with van der Waals surface area (Å²) in [6.07, 6.45) is -0.979. The molecule has 0 aliphatic rings. The maximum absolute atomic E-state index is 9.86. The van der Waals surface area contributed by atoms with Gasteiger partial charge in [-0.3, -0.25) is 4.79 Å². The molecule has 0 amide bonds. The zero-order chi connectivity index (χ0) is 8.73. The molecule has 0 aliphatic heterocycles. The van der Waals surface area contributed by atoms with Gasteiger partial charge in [0.25, 0.3) is 0 Å². The number of carbonyl (C=O) groups is 1. The van der Waals surface area contributed by atoms with Gasteiger partial charge in [-0.1, -0.05) is 0 Å². The number of aliphatic carboxylic acids is 1. The maximum atomic E-state index is 9.86. The highest BCUT2D eigenvalue weighted by Gasteiger charge is 2.16. The predicted octanol–water partition coefficient (Wildman–Crippen LogP) is -2.96. The number of aliphatic hydroxyl groups is 1. The molecule has 0 spiro atoms. The molecule has 0 unspecified atom stereocenters. The normalized spacial score (nSPS) is 14.8. The molecule has 62 valence electrons. The van der Waals surface area contributed by atoms with Gasteiger partial charge in [0.2, 0.25) is 0 Å². The maximum Gasteiger partial charge on any atom is 0.323 e. The van der Waals surface area contributed by atoms with Crippen molar-refractivity contribution in [2.45, 2.75) is 19.1 Å². The van der Waals surface area contributed by atoms with E-state index in [1.165, 1.54) is 6.92 Å². The van der Waals surface area contributed by atoms with E-state index in [1.807, 2.05) is 0 Å². The van der Waals surface area contributed by atoms with Crippen molar-refractivity contribution in [1.82, 2.24) is 0 Å². The summed E-state index contributed by atoms with van der Waals surface area (Å²) in [7, 11) is 0.306. The van der Waals surface area contributed by atoms with Crippen LogP contribution in [0.1, 0.15) is 6.92 Å². The van der Waals surface area contributed by atoms with Gasteiger partial charge in [-0.2, -0.15) is 0 Å². The summed E-state index contributed by atoms with van der Waals surface area (Å²) >= 11 is 0. The molecule has 0 heterocycles. The number of carboxylic acids is 1. The molecule has 0 bridgehead atoms. The fourth-order valence-electron chi connectivity index (χ4n) is 0.206. The minimum atomic E-state index is -1.18. The van der Waals surface area contributed by atoms with Gasteiger partial charge < -0.3 is 20.7 Å². The molecule has 0 aromatic heterocycles. The number of hydrogen-bond donors (Lipinski definition) is 4. The van der Waals surface area contributed by atoms with Gasteiger partial charge in [-0.25, -0.2) is 0 Å². The molecule has 0 aromatic carbocycles. The summed E-state index contributed by atoms with van der Waals surface area (Å²) in [5, 5.41) is 16.6. The SMILES string of the molecule is C[C@@H](O)[C@H](N)C(=O)O.O[SiH3]. The van der Waals surface area contributed by atoms with E-state index in [4.69, 9.17) is 20.7 Å². The van der Waals surface area contributed by atoms with E-state index in [2.05, 4.69) is 0 Å². The van der Waals surface area contributed by atoms with Crippen molar-refractivity contribution in [3.63, 3.8) is 0 Å². The summed E-state index contributed by atoms with van der Waals surface area (Å²) in [5.41, 5.74) is 4.91. The van der Waals surface area contributed by atoms with E-state index in [0.29, 0.717) is 10.5 Å². The lowest BCUT2D eigenvalue weighted by Crippen LogP contribution is -2.39. The monoisotopic (exact) mass is 167 g/mol. The van der Waals surface area contributed by atoms with E-state index in [-0.39, 0.29) is 0 Å². The van der Waals surface area contributed by atoms with Crippen LogP contribution in [-0.2, 0) is 4.79 Å². The van der Waals surface area contributed by atoms with E-state index in [0.717, 1.165) is 0 Å². The van der Waals surface area contributed by atoms with Crippen LogP contribution in [0.4, 0.5) is 0 Å². The highest BCUT2D eigenvalue weighted by Crippen LogP contribution is 1.85. The Morgan fingerprint density at radius 1 is 1.60 bits per heavy atom. The molecule has 0 rings (SSSR count). The van der Waals surface area contributed by atoms with Gasteiger partial charge in [0.05, 0.1) is 6.10 Å². The van der Waals surface area contributed by atoms with Gasteiger partial charge in [0, 0.05) is 0 Å². The number of nitrogens with two attached hydrogens (primary N) is 1. The number of rotatable bonds is 2. The second-order valence-electron chi connectivity index (χ2n) is 1.60. The fraction of sp³-hybridized carbons (Fsp3) is 0.750. The van der Waals surface area contributed by atoms with Crippen LogP contribution in [0.5, 0.6) is 0 Å². The summed E-state index contributed by atoms with van der Waals surface area (Å²) < 4.78 is 0. The first-order valence-electron chi connectivity index (χ1n) is 2.67. The zero-order valence-electron chi connectivity index (χ0n) is 5.98. The topological polar surface area (TPSA) is 104 Å². The highest BCUT2D eigenvalue weighted by atomic mass is 28.2. The molecule has 0 aromatic rings. The van der Waals surface area contributed by atoms with Crippen LogP contribution >= 0.6 is 0 Å². The van der Waals surface area contributed by atoms with Crippen LogP contribution in [0.15, 0.2) is 0 Å². The molecule has 0 aliphatic carbocycles. The highest BCUT2D eigenvalue weighted by molar-refractivity contribution is 5.95. The van der Waals surface area contributed by atoms with Crippen molar-refractivity contribution in [1.29, 1.82) is 0 Å². The van der Waals surface area contributed by atoms with Crippen molar-refractivity contribution in [3.8, 4) is 0 Å². The van der Waals surface area contributed by atoms with Crippen LogP contribution in [-0.4, -0.2) is 43.6 Å². The van der Waals surface area contributed by atoms with Crippen LogP contribution < -0.4 is 5.73 Å². The van der Waals surface area contributed by atoms with Crippen molar-refractivity contribution >= 4 is 16.5 Å². The van der Waals surface area contributed by atoms with E-state index < -0.39 is 18.1 Å². The van der Waals surface area contributed by atoms with Crippen LogP contribution in [0, 0.1) is 0 Å². The van der Waals surface area contributed by atoms with E-state index >= 15 is 0 Å². The summed E-state index contributed by atoms with van der Waals surface area (Å²) in [6, 6.07) is -1.16. The molecular formula is C4H13NO4Si. The lowest BCUT2D eigenvalue weighted by molar-refractivity contribution is -0.140. The summed E-state index contributed by atoms with van der Waals surface area (Å²) in [5.74, 6) is -1.18. The van der Waals surface area contributed by atoms with Crippen molar-refractivity contribution in [3.05, 3.63) is 0 Å². The van der Waals surface area contributed by atoms with Crippen molar-refractivity contribution < 1.29 is 19.8 Å². The lowest BCUT2D eigenvalue weighted by Gasteiger charge is -2.06. The fourth-order valence-corrected chi connectivity index (χ4v) is 0.206. The molecule has 5 N–H and O–H groups in total. The first-order valence-corrected chi connectivity index (χ1v) is 3.56. The summed E-state index contributed by atoms with van der Waals surface area (Å²) in [4.78, 5) is 17.0. The molecule has 0 saturated heterocycles. The van der Waals surface area contributed by atoms with Crippen molar-refractivity contribution in [2.24, 2.45) is 5.73 Å². The second-order valence-corrected chi connectivity index (χ2v) is 1.60. The van der Waals surface area contributed by atoms with Crippen LogP contribution in [0.25, 0.3) is 0 Å². The first kappa shape index (κ1) is 12.3.